The van der Waals surface area contributed by atoms with Gasteiger partial charge >= 0.3 is 17.0 Å². The maximum atomic E-state index is 12.2. The number of rotatable bonds is 6. The summed E-state index contributed by atoms with van der Waals surface area (Å²) in [5.74, 6) is -0.194. The van der Waals surface area contributed by atoms with Gasteiger partial charge in [0.1, 0.15) is 7.55 Å². The highest BCUT2D eigenvalue weighted by Crippen LogP contribution is 2.45. The lowest BCUT2D eigenvalue weighted by atomic mass is 10.5. The zero-order valence-electron chi connectivity index (χ0n) is 10.2. The van der Waals surface area contributed by atoms with Crippen LogP contribution in [0.15, 0.2) is 0 Å². The Kier molecular flexibility index (Phi) is 4.81. The lowest BCUT2D eigenvalue weighted by molar-refractivity contribution is -0.126. The number of imide groups is 1. The van der Waals surface area contributed by atoms with E-state index < -0.39 is 12.6 Å². The van der Waals surface area contributed by atoms with Crippen LogP contribution in [0.4, 0.5) is 4.79 Å². The van der Waals surface area contributed by atoms with E-state index in [1.165, 1.54) is 4.90 Å². The second-order valence-corrected chi connectivity index (χ2v) is 7.18. The van der Waals surface area contributed by atoms with Gasteiger partial charge in [-0.2, -0.15) is 0 Å². The van der Waals surface area contributed by atoms with Gasteiger partial charge in [-0.1, -0.05) is 13.2 Å². The molecule has 0 radical (unpaired) electrons. The minimum atomic E-state index is -0.890. The van der Waals surface area contributed by atoms with Crippen LogP contribution in [-0.2, 0) is 4.79 Å². The predicted octanol–water partition coefficient (Wildman–Crippen LogP) is 0.723. The monoisotopic (exact) mass is 274 g/mol. The molecule has 94 valence electrons. The zero-order valence-corrected chi connectivity index (χ0v) is 12.0. The molecule has 0 aromatic rings. The van der Waals surface area contributed by atoms with E-state index in [0.29, 0.717) is 21.3 Å². The van der Waals surface area contributed by atoms with Gasteiger partial charge in [-0.15, -0.1) is 0 Å². The van der Waals surface area contributed by atoms with Gasteiger partial charge in [-0.3, -0.25) is 15.0 Å². The van der Waals surface area contributed by atoms with Crippen LogP contribution in [0.3, 0.4) is 0 Å². The quantitative estimate of drug-likeness (QED) is 0.426. The molecular weight excluding hydrogens is 256 g/mol. The lowest BCUT2D eigenvalue weighted by Gasteiger charge is -2.14. The first kappa shape index (κ1) is 14.3. The third kappa shape index (κ3) is 2.57. The number of hydrogen-bond acceptors (Lipinski definition) is 3. The molecule has 0 aromatic carbocycles. The van der Waals surface area contributed by atoms with Crippen molar-refractivity contribution < 1.29 is 9.59 Å². The molecular formula is C10H18N3O2P2+. The van der Waals surface area contributed by atoms with Crippen molar-refractivity contribution in [3.8, 4) is 0 Å². The summed E-state index contributed by atoms with van der Waals surface area (Å²) in [5.41, 5.74) is 0. The number of hydrogen-bond donors (Lipinski definition) is 2. The third-order valence-electron chi connectivity index (χ3n) is 2.61. The fourth-order valence-corrected chi connectivity index (χ4v) is 3.74. The average Bonchev–Trinajstić information content (AvgIpc) is 2.53. The van der Waals surface area contributed by atoms with Crippen molar-refractivity contribution in [1.82, 2.24) is 15.5 Å². The number of nitrogens with one attached hydrogen (secondary N) is 2. The standard InChI is InChI=1S/C10H17N3O2P2/c1-5-11-6-7-13-8(14)10(16-2,17(3)4)12-9(13)15/h11H,2-3,5-7H2,1,4H3/p+1. The molecule has 2 N–H and O–H groups in total. The molecule has 1 saturated heterocycles. The Morgan fingerprint density at radius 1 is 1.59 bits per heavy atom. The van der Waals surface area contributed by atoms with Crippen LogP contribution in [0.2, 0.25) is 0 Å². The van der Waals surface area contributed by atoms with Crippen molar-refractivity contribution in [3.63, 3.8) is 0 Å². The Morgan fingerprint density at radius 3 is 2.65 bits per heavy atom. The van der Waals surface area contributed by atoms with E-state index in [0.717, 1.165) is 6.54 Å². The number of carbonyl (C=O) groups is 2. The maximum Gasteiger partial charge on any atom is 0.328 e. The summed E-state index contributed by atoms with van der Waals surface area (Å²) in [6, 6.07) is -0.331. The molecule has 2 unspecified atom stereocenters. The fourth-order valence-electron chi connectivity index (χ4n) is 1.61. The number of likely N-dealkylation sites (N-methyl/N-ethyl adjacent to an activating group) is 1. The average molecular weight is 274 g/mol. The van der Waals surface area contributed by atoms with E-state index in [2.05, 4.69) is 23.2 Å². The molecule has 0 spiro atoms. The van der Waals surface area contributed by atoms with Crippen molar-refractivity contribution in [2.75, 3.05) is 26.3 Å². The summed E-state index contributed by atoms with van der Waals surface area (Å²) in [6.45, 7) is 5.67. The molecule has 5 nitrogen and oxygen atoms in total. The summed E-state index contributed by atoms with van der Waals surface area (Å²) >= 11 is 0. The second-order valence-electron chi connectivity index (χ2n) is 3.77. The van der Waals surface area contributed by atoms with Crippen LogP contribution in [0.5, 0.6) is 0 Å². The summed E-state index contributed by atoms with van der Waals surface area (Å²) in [4.78, 5) is 25.3. The maximum absolute atomic E-state index is 12.2. The molecule has 1 heterocycles. The second kappa shape index (κ2) is 5.72. The number of carbonyl (C=O) groups excluding carboxylic acids is 2. The molecule has 1 aliphatic rings. The molecule has 1 rings (SSSR count). The van der Waals surface area contributed by atoms with Gasteiger partial charge in [-0.05, 0) is 14.7 Å². The molecule has 2 atom stereocenters. The molecule has 3 amide bonds. The normalized spacial score (nSPS) is 25.3. The van der Waals surface area contributed by atoms with Gasteiger partial charge in [0.15, 0.2) is 0 Å². The zero-order chi connectivity index (χ0) is 13.1. The summed E-state index contributed by atoms with van der Waals surface area (Å²) in [6.07, 6.45) is 7.67. The first-order valence-corrected chi connectivity index (χ1v) is 8.42. The molecule has 1 aliphatic heterocycles. The third-order valence-corrected chi connectivity index (χ3v) is 6.23. The van der Waals surface area contributed by atoms with E-state index in [1.54, 1.807) is 0 Å². The van der Waals surface area contributed by atoms with E-state index in [1.807, 2.05) is 13.6 Å². The highest BCUT2D eigenvalue weighted by molar-refractivity contribution is 7.69. The number of amides is 3. The molecule has 0 saturated carbocycles. The van der Waals surface area contributed by atoms with Gasteiger partial charge in [0.2, 0.25) is 0 Å². The van der Waals surface area contributed by atoms with Crippen LogP contribution in [0.25, 0.3) is 0 Å². The van der Waals surface area contributed by atoms with E-state index >= 15 is 0 Å². The number of urea groups is 1. The summed E-state index contributed by atoms with van der Waals surface area (Å²) in [7, 11) is -0.262. The summed E-state index contributed by atoms with van der Waals surface area (Å²) < 4.78 is 0. The van der Waals surface area contributed by atoms with Crippen molar-refractivity contribution in [2.24, 2.45) is 0 Å². The first-order chi connectivity index (χ1) is 7.99. The molecule has 0 bridgehead atoms. The molecule has 7 heteroatoms. The largest absolute Gasteiger partial charge is 0.328 e. The van der Waals surface area contributed by atoms with Crippen LogP contribution in [0.1, 0.15) is 6.92 Å². The summed E-state index contributed by atoms with van der Waals surface area (Å²) in [5, 5.41) is 4.94. The highest BCUT2D eigenvalue weighted by Gasteiger charge is 2.57. The van der Waals surface area contributed by atoms with Gasteiger partial charge < -0.3 is 5.32 Å². The van der Waals surface area contributed by atoms with Crippen LogP contribution < -0.4 is 10.6 Å². The predicted molar refractivity (Wildman–Crippen MR) is 75.5 cm³/mol. The van der Waals surface area contributed by atoms with E-state index in [9.17, 15) is 9.59 Å². The molecule has 1 fully saturated rings. The Hall–Kier alpha value is -0.760. The van der Waals surface area contributed by atoms with Crippen LogP contribution in [0, 0.1) is 0 Å². The fraction of sp³-hybridized carbons (Fsp3) is 0.600. The van der Waals surface area contributed by atoms with Crippen molar-refractivity contribution in [3.05, 3.63) is 0 Å². The topological polar surface area (TPSA) is 61.4 Å². The minimum absolute atomic E-state index is 0.194. The van der Waals surface area contributed by atoms with Crippen molar-refractivity contribution >= 4 is 40.3 Å². The van der Waals surface area contributed by atoms with Crippen molar-refractivity contribution in [1.29, 1.82) is 0 Å². The van der Waals surface area contributed by atoms with Gasteiger partial charge in [0.05, 0.1) is 13.0 Å². The molecule has 17 heavy (non-hydrogen) atoms. The highest BCUT2D eigenvalue weighted by atomic mass is 31.1. The SMILES string of the molecule is C=PC1([P+](=C)C)NC(=O)N(CCNCC)C1=O. The van der Waals surface area contributed by atoms with Crippen LogP contribution in [-0.4, -0.2) is 60.8 Å². The first-order valence-electron chi connectivity index (χ1n) is 5.36. The smallest absolute Gasteiger partial charge is 0.315 e. The lowest BCUT2D eigenvalue weighted by Crippen LogP contribution is -2.39. The minimum Gasteiger partial charge on any atom is -0.315 e. The molecule has 0 aliphatic carbocycles. The molecule has 0 aromatic heterocycles. The Bertz CT molecular complexity index is 373. The van der Waals surface area contributed by atoms with Gasteiger partial charge in [-0.25, -0.2) is 4.79 Å². The Morgan fingerprint density at radius 2 is 2.24 bits per heavy atom. The Labute approximate surface area is 104 Å². The number of nitrogens with zero attached hydrogens (tertiary/aromatic N) is 1. The van der Waals surface area contributed by atoms with Crippen LogP contribution >= 0.6 is 15.7 Å². The van der Waals surface area contributed by atoms with Crippen molar-refractivity contribution in [2.45, 2.75) is 11.9 Å². The van der Waals surface area contributed by atoms with Gasteiger partial charge in [0, 0.05) is 13.1 Å². The Balaban J connectivity index is 2.84. The van der Waals surface area contributed by atoms with Gasteiger partial charge in [0.25, 0.3) is 0 Å². The van der Waals surface area contributed by atoms with E-state index in [4.69, 9.17) is 0 Å². The van der Waals surface area contributed by atoms with E-state index in [-0.39, 0.29) is 11.9 Å².